The quantitative estimate of drug-likeness (QED) is 0.329. The second-order valence-electron chi connectivity index (χ2n) is 5.55. The van der Waals surface area contributed by atoms with E-state index in [4.69, 9.17) is 14.9 Å². The molecule has 0 atom stereocenters. The molecule has 1 aromatic carbocycles. The number of carbonyl (C=O) groups is 1. The Morgan fingerprint density at radius 2 is 1.81 bits per heavy atom. The molecular weight excluding hydrogens is 411 g/mol. The van der Waals surface area contributed by atoms with Crippen LogP contribution in [-0.2, 0) is 31.9 Å². The first-order valence-corrected chi connectivity index (χ1v) is 8.45. The normalized spacial score (nSPS) is 16.9. The third kappa shape index (κ3) is 5.90. The Kier molecular flexibility index (Phi) is 10.1. The molecule has 26 heavy (non-hydrogen) atoms. The van der Waals surface area contributed by atoms with Crippen molar-refractivity contribution in [2.24, 2.45) is 0 Å². The van der Waals surface area contributed by atoms with E-state index in [0.29, 0.717) is 43.4 Å². The van der Waals surface area contributed by atoms with Crippen LogP contribution in [0.5, 0.6) is 5.75 Å². The predicted octanol–water partition coefficient (Wildman–Crippen LogP) is 3.03. The fourth-order valence-electron chi connectivity index (χ4n) is 2.52. The van der Waals surface area contributed by atoms with Gasteiger partial charge in [0.25, 0.3) is 5.91 Å². The molecule has 0 unspecified atom stereocenters. The van der Waals surface area contributed by atoms with E-state index in [1.165, 1.54) is 0 Å². The molecule has 0 fully saturated rings. The Balaban J connectivity index is 0.00000338. The summed E-state index contributed by atoms with van der Waals surface area (Å²) >= 11 is 0. The van der Waals surface area contributed by atoms with E-state index in [9.17, 15) is 4.79 Å². The van der Waals surface area contributed by atoms with Crippen molar-refractivity contribution in [2.45, 2.75) is 19.3 Å². The van der Waals surface area contributed by atoms with E-state index >= 15 is 0 Å². The average molecular weight is 436 g/mol. The smallest absolute Gasteiger partial charge is 0.491 e. The molecular formula is C19H25N3NbO3. The first kappa shape index (κ1) is 22.3. The molecule has 7 heteroatoms. The van der Waals surface area contributed by atoms with Crippen LogP contribution in [0.2, 0.25) is 0 Å². The number of allylic oxidation sites excluding steroid dienone is 1. The molecule has 1 amide bonds. The van der Waals surface area contributed by atoms with E-state index in [1.807, 2.05) is 18.2 Å². The van der Waals surface area contributed by atoms with Crippen LogP contribution in [0.4, 0.5) is 5.69 Å². The number of anilines is 1. The Morgan fingerprint density at radius 3 is 2.46 bits per heavy atom. The van der Waals surface area contributed by atoms with Crippen LogP contribution in [0, 0.1) is 19.3 Å². The molecule has 0 aromatic heterocycles. The number of fused-ring (bicyclic) bond motifs is 1. The molecule has 1 aliphatic rings. The zero-order valence-electron chi connectivity index (χ0n) is 14.9. The molecule has 139 valence electrons. The maximum atomic E-state index is 12.8. The van der Waals surface area contributed by atoms with E-state index in [0.717, 1.165) is 25.5 Å². The van der Waals surface area contributed by atoms with Gasteiger partial charge in [-0.05, 0) is 31.4 Å². The molecule has 1 aromatic rings. The fraction of sp³-hybridized carbons (Fsp3) is 0.368. The van der Waals surface area contributed by atoms with Crippen molar-refractivity contribution in [1.29, 1.82) is 5.41 Å². The van der Waals surface area contributed by atoms with Crippen molar-refractivity contribution in [1.82, 2.24) is 4.90 Å². The predicted molar refractivity (Wildman–Crippen MR) is 98.5 cm³/mol. The van der Waals surface area contributed by atoms with Crippen molar-refractivity contribution in [3.8, 4) is 5.75 Å². The molecule has 0 aliphatic carbocycles. The standard InChI is InChI=1S/C19H25N3O3.Nb/c1-3-22(4-2)16(14-20)18-19(23)21-15-10-6-7-11-17(15)24-12-8-5-9-13-25-18;/h6-7,10-11,14,20H,1-5,8-9,12-13H2,(H,21,23);/q-2;+2/b18-16-,20-14?;. The third-order valence-electron chi connectivity index (χ3n) is 3.88. The second kappa shape index (κ2) is 11.8. The van der Waals surface area contributed by atoms with Gasteiger partial charge in [0.1, 0.15) is 5.75 Å². The maximum Gasteiger partial charge on any atom is 2.00 e. The average Bonchev–Trinajstić information content (AvgIpc) is 2.62. The van der Waals surface area contributed by atoms with E-state index in [1.54, 1.807) is 11.0 Å². The van der Waals surface area contributed by atoms with Gasteiger partial charge in [0.15, 0.2) is 0 Å². The minimum absolute atomic E-state index is 0. The van der Waals surface area contributed by atoms with Gasteiger partial charge in [0.05, 0.1) is 24.6 Å². The van der Waals surface area contributed by atoms with Crippen molar-refractivity contribution < 1.29 is 36.6 Å². The Labute approximate surface area is 170 Å². The molecule has 2 N–H and O–H groups in total. The van der Waals surface area contributed by atoms with E-state index < -0.39 is 5.91 Å². The van der Waals surface area contributed by atoms with E-state index in [-0.39, 0.29) is 28.1 Å². The van der Waals surface area contributed by atoms with Crippen molar-refractivity contribution in [2.75, 3.05) is 31.6 Å². The molecule has 0 spiro atoms. The summed E-state index contributed by atoms with van der Waals surface area (Å²) in [5.74, 6) is 0.318. The number of carbonyl (C=O) groups excluding carboxylic acids is 1. The Morgan fingerprint density at radius 1 is 1.15 bits per heavy atom. The monoisotopic (exact) mass is 436 g/mol. The van der Waals surface area contributed by atoms with Gasteiger partial charge < -0.3 is 38.9 Å². The number of amides is 1. The van der Waals surface area contributed by atoms with Crippen LogP contribution >= 0.6 is 0 Å². The van der Waals surface area contributed by atoms with Gasteiger partial charge in [0.2, 0.25) is 5.76 Å². The van der Waals surface area contributed by atoms with Gasteiger partial charge in [-0.2, -0.15) is 0 Å². The zero-order chi connectivity index (χ0) is 18.1. The summed E-state index contributed by atoms with van der Waals surface area (Å²) in [6, 6.07) is 7.29. The molecule has 1 aliphatic heterocycles. The largest absolute Gasteiger partial charge is 2.00 e. The summed E-state index contributed by atoms with van der Waals surface area (Å²) in [6.07, 6.45) is 3.76. The molecule has 1 radical (unpaired) electrons. The van der Waals surface area contributed by atoms with Crippen molar-refractivity contribution in [3.05, 3.63) is 49.6 Å². The third-order valence-corrected chi connectivity index (χ3v) is 3.88. The summed E-state index contributed by atoms with van der Waals surface area (Å²) in [4.78, 5) is 14.5. The van der Waals surface area contributed by atoms with Gasteiger partial charge in [-0.25, -0.2) is 0 Å². The number of hydrogen-bond donors (Lipinski definition) is 2. The van der Waals surface area contributed by atoms with Crippen molar-refractivity contribution >= 4 is 17.8 Å². The molecule has 0 saturated carbocycles. The Hall–Kier alpha value is -1.76. The molecule has 0 bridgehead atoms. The van der Waals surface area contributed by atoms with Crippen LogP contribution in [0.3, 0.4) is 0 Å². The summed E-state index contributed by atoms with van der Waals surface area (Å²) in [6.45, 7) is 9.42. The van der Waals surface area contributed by atoms with Gasteiger partial charge in [-0.15, -0.1) is 13.1 Å². The minimum atomic E-state index is -0.415. The van der Waals surface area contributed by atoms with Gasteiger partial charge in [-0.1, -0.05) is 12.1 Å². The fourth-order valence-corrected chi connectivity index (χ4v) is 2.52. The van der Waals surface area contributed by atoms with Gasteiger partial charge in [0, 0.05) is 6.21 Å². The summed E-state index contributed by atoms with van der Waals surface area (Å²) in [5, 5.41) is 10.5. The molecule has 1 heterocycles. The first-order valence-electron chi connectivity index (χ1n) is 8.45. The first-order chi connectivity index (χ1) is 12.2. The number of ether oxygens (including phenoxy) is 2. The second-order valence-corrected chi connectivity index (χ2v) is 5.55. The maximum absolute atomic E-state index is 12.8. The van der Waals surface area contributed by atoms with Crippen LogP contribution in [0.25, 0.3) is 0 Å². The molecule has 0 saturated heterocycles. The van der Waals surface area contributed by atoms with Crippen LogP contribution in [0.1, 0.15) is 19.3 Å². The molecule has 6 nitrogen and oxygen atoms in total. The van der Waals surface area contributed by atoms with Crippen LogP contribution < -0.4 is 10.1 Å². The summed E-state index contributed by atoms with van der Waals surface area (Å²) < 4.78 is 11.5. The van der Waals surface area contributed by atoms with Crippen LogP contribution in [0.15, 0.2) is 35.7 Å². The summed E-state index contributed by atoms with van der Waals surface area (Å²) in [7, 11) is 0. The number of nitrogens with one attached hydrogen (secondary N) is 2. The topological polar surface area (TPSA) is 74.7 Å². The van der Waals surface area contributed by atoms with Crippen LogP contribution in [-0.4, -0.2) is 43.3 Å². The van der Waals surface area contributed by atoms with Crippen molar-refractivity contribution in [3.63, 3.8) is 0 Å². The summed E-state index contributed by atoms with van der Waals surface area (Å²) in [5.41, 5.74) is 0.951. The van der Waals surface area contributed by atoms with Gasteiger partial charge in [-0.3, -0.25) is 4.79 Å². The number of hydrogen-bond acceptors (Lipinski definition) is 5. The molecule has 2 rings (SSSR count). The number of nitrogens with zero attached hydrogens (tertiary/aromatic N) is 1. The van der Waals surface area contributed by atoms with Gasteiger partial charge >= 0.3 is 22.4 Å². The number of benzene rings is 1. The SMILES string of the molecule is [CH2-]CN(C[CH2-])/C(C=N)=C1\OCCCCCOc2ccccc2NC1=O.[Nb+2]. The number of para-hydroxylation sites is 2. The minimum Gasteiger partial charge on any atom is -0.491 e. The zero-order valence-corrected chi connectivity index (χ0v) is 17.1. The van der Waals surface area contributed by atoms with E-state index in [2.05, 4.69) is 19.2 Å². The number of rotatable bonds is 4. The Bertz CT molecular complexity index is 630.